The third-order valence-corrected chi connectivity index (χ3v) is 4.86. The van der Waals surface area contributed by atoms with Crippen molar-refractivity contribution in [1.82, 2.24) is 0 Å². The zero-order valence-corrected chi connectivity index (χ0v) is 14.0. The van der Waals surface area contributed by atoms with E-state index in [1.165, 1.54) is 12.1 Å². The average Bonchev–Trinajstić information content (AvgIpc) is 2.49. The molecule has 0 spiro atoms. The standard InChI is InChI=1S/C18H16N2O2S/c1-12-6-7-13(2)14(8-12)9-15-10-16(19-3)17(20-4)11-18(15)23(5,21)22/h6-8,10-11H,9H2,1-2,5H3. The van der Waals surface area contributed by atoms with Crippen molar-refractivity contribution in [3.8, 4) is 0 Å². The molecule has 2 rings (SSSR count). The van der Waals surface area contributed by atoms with Gasteiger partial charge in [-0.05, 0) is 43.0 Å². The van der Waals surface area contributed by atoms with Gasteiger partial charge in [0, 0.05) is 6.26 Å². The minimum Gasteiger partial charge on any atom is -0.250 e. The van der Waals surface area contributed by atoms with Crippen LogP contribution < -0.4 is 0 Å². The highest BCUT2D eigenvalue weighted by Crippen LogP contribution is 2.35. The predicted molar refractivity (Wildman–Crippen MR) is 90.8 cm³/mol. The molecule has 0 radical (unpaired) electrons. The quantitative estimate of drug-likeness (QED) is 0.785. The number of hydrogen-bond acceptors (Lipinski definition) is 2. The normalized spacial score (nSPS) is 10.8. The van der Waals surface area contributed by atoms with Crippen molar-refractivity contribution >= 4 is 21.2 Å². The van der Waals surface area contributed by atoms with Crippen molar-refractivity contribution in [2.75, 3.05) is 6.26 Å². The smallest absolute Gasteiger partial charge is 0.195 e. The second kappa shape index (κ2) is 6.24. The van der Waals surface area contributed by atoms with Gasteiger partial charge in [0.05, 0.1) is 18.0 Å². The van der Waals surface area contributed by atoms with Gasteiger partial charge in [-0.3, -0.25) is 9.69 Å². The molecule has 0 fully saturated rings. The molecule has 0 bridgehead atoms. The molecule has 0 atom stereocenters. The molecule has 5 heteroatoms. The summed E-state index contributed by atoms with van der Waals surface area (Å²) in [5.41, 5.74) is 3.99. The summed E-state index contributed by atoms with van der Waals surface area (Å²) in [6, 6.07) is 8.85. The molecule has 0 saturated heterocycles. The fraction of sp³-hybridized carbons (Fsp3) is 0.222. The topological polar surface area (TPSA) is 42.9 Å². The van der Waals surface area contributed by atoms with Gasteiger partial charge in [-0.25, -0.2) is 8.42 Å². The average molecular weight is 324 g/mol. The molecule has 0 saturated carbocycles. The zero-order valence-electron chi connectivity index (χ0n) is 13.2. The van der Waals surface area contributed by atoms with Crippen LogP contribution in [0.3, 0.4) is 0 Å². The molecule has 0 aromatic heterocycles. The molecule has 0 unspecified atom stereocenters. The molecule has 2 aromatic rings. The van der Waals surface area contributed by atoms with E-state index in [1.807, 2.05) is 32.0 Å². The van der Waals surface area contributed by atoms with E-state index >= 15 is 0 Å². The molecule has 0 aliphatic rings. The number of hydrogen-bond donors (Lipinski definition) is 0. The van der Waals surface area contributed by atoms with Crippen molar-refractivity contribution in [2.45, 2.75) is 25.2 Å². The van der Waals surface area contributed by atoms with Gasteiger partial charge in [0.25, 0.3) is 0 Å². The summed E-state index contributed by atoms with van der Waals surface area (Å²) in [6.45, 7) is 18.3. The van der Waals surface area contributed by atoms with Crippen molar-refractivity contribution in [3.63, 3.8) is 0 Å². The van der Waals surface area contributed by atoms with E-state index < -0.39 is 9.84 Å². The lowest BCUT2D eigenvalue weighted by molar-refractivity contribution is 0.601. The second-order valence-corrected chi connectivity index (χ2v) is 7.54. The maximum Gasteiger partial charge on any atom is 0.195 e. The first kappa shape index (κ1) is 16.7. The van der Waals surface area contributed by atoms with Gasteiger partial charge >= 0.3 is 0 Å². The highest BCUT2D eigenvalue weighted by molar-refractivity contribution is 7.90. The van der Waals surface area contributed by atoms with Gasteiger partial charge < -0.3 is 0 Å². The third-order valence-electron chi connectivity index (χ3n) is 3.68. The Balaban J connectivity index is 2.68. The molecule has 0 N–H and O–H groups in total. The Labute approximate surface area is 137 Å². The van der Waals surface area contributed by atoms with E-state index in [-0.39, 0.29) is 16.3 Å². The largest absolute Gasteiger partial charge is 0.250 e. The lowest BCUT2D eigenvalue weighted by Gasteiger charge is -2.13. The summed E-state index contributed by atoms with van der Waals surface area (Å²) in [4.78, 5) is 6.74. The van der Waals surface area contributed by atoms with Crippen LogP contribution in [0.25, 0.3) is 9.69 Å². The molecule has 0 heterocycles. The Morgan fingerprint density at radius 2 is 1.57 bits per heavy atom. The highest BCUT2D eigenvalue weighted by atomic mass is 32.2. The third kappa shape index (κ3) is 3.59. The predicted octanol–water partition coefficient (Wildman–Crippen LogP) is 4.40. The summed E-state index contributed by atoms with van der Waals surface area (Å²) < 4.78 is 24.2. The van der Waals surface area contributed by atoms with Crippen molar-refractivity contribution in [1.29, 1.82) is 0 Å². The molecular weight excluding hydrogens is 308 g/mol. The molecule has 116 valence electrons. The summed E-state index contributed by atoms with van der Waals surface area (Å²) >= 11 is 0. The van der Waals surface area contributed by atoms with Gasteiger partial charge in [-0.1, -0.05) is 29.8 Å². The highest BCUT2D eigenvalue weighted by Gasteiger charge is 2.18. The maximum atomic E-state index is 12.1. The minimum atomic E-state index is -3.48. The first-order valence-electron chi connectivity index (χ1n) is 6.94. The van der Waals surface area contributed by atoms with Crippen LogP contribution in [0.1, 0.15) is 22.3 Å². The lowest BCUT2D eigenvalue weighted by Crippen LogP contribution is -2.04. The number of benzene rings is 2. The van der Waals surface area contributed by atoms with Crippen molar-refractivity contribution in [3.05, 3.63) is 75.4 Å². The van der Waals surface area contributed by atoms with Gasteiger partial charge in [0.2, 0.25) is 0 Å². The first-order valence-corrected chi connectivity index (χ1v) is 8.83. The zero-order chi connectivity index (χ0) is 17.2. The van der Waals surface area contributed by atoms with Crippen LogP contribution in [0.5, 0.6) is 0 Å². The van der Waals surface area contributed by atoms with E-state index in [2.05, 4.69) is 9.69 Å². The van der Waals surface area contributed by atoms with E-state index in [9.17, 15) is 8.42 Å². The number of rotatable bonds is 3. The van der Waals surface area contributed by atoms with Crippen molar-refractivity contribution < 1.29 is 8.42 Å². The SMILES string of the molecule is [C-]#[N+]c1cc(Cc2cc(C)ccc2C)c(S(C)(=O)=O)cc1[N+]#[C-]. The van der Waals surface area contributed by atoms with Crippen molar-refractivity contribution in [2.24, 2.45) is 0 Å². The van der Waals surface area contributed by atoms with Gasteiger partial charge in [-0.2, -0.15) is 0 Å². The fourth-order valence-corrected chi connectivity index (χ4v) is 3.39. The fourth-order valence-electron chi connectivity index (χ4n) is 2.46. The van der Waals surface area contributed by atoms with Crippen LogP contribution in [-0.2, 0) is 16.3 Å². The molecule has 0 aliphatic carbocycles. The molecule has 23 heavy (non-hydrogen) atoms. The Hall–Kier alpha value is -2.63. The van der Waals surface area contributed by atoms with Crippen LogP contribution in [0.2, 0.25) is 0 Å². The van der Waals surface area contributed by atoms with E-state index in [4.69, 9.17) is 13.1 Å². The Morgan fingerprint density at radius 3 is 2.13 bits per heavy atom. The second-order valence-electron chi connectivity index (χ2n) is 5.55. The number of nitrogens with zero attached hydrogens (tertiary/aromatic N) is 2. The van der Waals surface area contributed by atoms with Crippen LogP contribution in [-0.4, -0.2) is 14.7 Å². The number of aryl methyl sites for hydroxylation is 2. The van der Waals surface area contributed by atoms with Crippen LogP contribution in [0.4, 0.5) is 11.4 Å². The summed E-state index contributed by atoms with van der Waals surface area (Å²) in [7, 11) is -3.48. The maximum absolute atomic E-state index is 12.1. The number of sulfone groups is 1. The minimum absolute atomic E-state index is 0.0742. The summed E-state index contributed by atoms with van der Waals surface area (Å²) in [6.07, 6.45) is 1.54. The molecule has 0 amide bonds. The monoisotopic (exact) mass is 324 g/mol. The molecule has 0 aliphatic heterocycles. The summed E-state index contributed by atoms with van der Waals surface area (Å²) in [5.74, 6) is 0. The summed E-state index contributed by atoms with van der Waals surface area (Å²) in [5, 5.41) is 0. The van der Waals surface area contributed by atoms with Crippen LogP contribution >= 0.6 is 0 Å². The van der Waals surface area contributed by atoms with Gasteiger partial charge in [-0.15, -0.1) is 0 Å². The van der Waals surface area contributed by atoms with Gasteiger partial charge in [0.15, 0.2) is 21.2 Å². The Morgan fingerprint density at radius 1 is 0.957 bits per heavy atom. The Kier molecular flexibility index (Phi) is 4.54. The van der Waals surface area contributed by atoms with Gasteiger partial charge in [0.1, 0.15) is 0 Å². The molecule has 4 nitrogen and oxygen atoms in total. The van der Waals surface area contributed by atoms with E-state index in [0.717, 1.165) is 22.9 Å². The first-order chi connectivity index (χ1) is 10.8. The van der Waals surface area contributed by atoms with E-state index in [0.29, 0.717) is 12.0 Å². The van der Waals surface area contributed by atoms with Crippen LogP contribution in [0.15, 0.2) is 35.2 Å². The lowest BCUT2D eigenvalue weighted by atomic mass is 9.98. The Bertz CT molecular complexity index is 962. The van der Waals surface area contributed by atoms with Crippen LogP contribution in [0, 0.1) is 27.0 Å². The van der Waals surface area contributed by atoms with E-state index in [1.54, 1.807) is 0 Å². The molecule has 2 aromatic carbocycles. The molecular formula is C18H16N2O2S.